The minimum atomic E-state index is -0.799. The lowest BCUT2D eigenvalue weighted by molar-refractivity contribution is -0.167. The Labute approximate surface area is 513 Å². The van der Waals surface area contributed by atoms with Gasteiger partial charge < -0.3 is 14.2 Å². The molecule has 6 nitrogen and oxygen atoms in total. The van der Waals surface area contributed by atoms with Crippen LogP contribution in [0.5, 0.6) is 0 Å². The van der Waals surface area contributed by atoms with Crippen molar-refractivity contribution in [3.63, 3.8) is 0 Å². The molecular formula is C77H128O6. The van der Waals surface area contributed by atoms with Crippen LogP contribution in [0.25, 0.3) is 0 Å². The summed E-state index contributed by atoms with van der Waals surface area (Å²) < 4.78 is 17.0. The number of unbranched alkanes of at least 4 members (excludes halogenated alkanes) is 29. The van der Waals surface area contributed by atoms with E-state index in [9.17, 15) is 14.4 Å². The first kappa shape index (κ1) is 78.5. The van der Waals surface area contributed by atoms with Gasteiger partial charge in [0.1, 0.15) is 13.2 Å². The van der Waals surface area contributed by atoms with Crippen LogP contribution in [0.4, 0.5) is 0 Å². The monoisotopic (exact) mass is 1150 g/mol. The quantitative estimate of drug-likeness (QED) is 0.0261. The zero-order valence-corrected chi connectivity index (χ0v) is 54.2. The van der Waals surface area contributed by atoms with Gasteiger partial charge in [0.05, 0.1) is 0 Å². The molecule has 6 heteroatoms. The molecule has 0 saturated carbocycles. The van der Waals surface area contributed by atoms with Gasteiger partial charge in [-0.3, -0.25) is 14.4 Å². The molecule has 1 unspecified atom stereocenters. The average molecular weight is 1150 g/mol. The normalized spacial score (nSPS) is 13.0. The van der Waals surface area contributed by atoms with Crippen LogP contribution in [0.2, 0.25) is 0 Å². The van der Waals surface area contributed by atoms with Gasteiger partial charge in [-0.1, -0.05) is 296 Å². The topological polar surface area (TPSA) is 78.9 Å². The van der Waals surface area contributed by atoms with Crippen molar-refractivity contribution in [3.05, 3.63) is 134 Å². The van der Waals surface area contributed by atoms with E-state index >= 15 is 0 Å². The molecule has 0 aliphatic carbocycles. The van der Waals surface area contributed by atoms with E-state index in [1.807, 2.05) is 0 Å². The van der Waals surface area contributed by atoms with Crippen LogP contribution in [-0.2, 0) is 28.6 Å². The summed E-state index contributed by atoms with van der Waals surface area (Å²) in [5.74, 6) is -0.917. The van der Waals surface area contributed by atoms with Gasteiger partial charge in [-0.15, -0.1) is 0 Å². The summed E-state index contributed by atoms with van der Waals surface area (Å²) >= 11 is 0. The van der Waals surface area contributed by atoms with Crippen molar-refractivity contribution >= 4 is 17.9 Å². The second-order valence-corrected chi connectivity index (χ2v) is 22.7. The van der Waals surface area contributed by atoms with Crippen LogP contribution in [0.1, 0.15) is 316 Å². The Morgan fingerprint density at radius 1 is 0.253 bits per heavy atom. The van der Waals surface area contributed by atoms with Crippen LogP contribution < -0.4 is 0 Å². The van der Waals surface area contributed by atoms with Gasteiger partial charge >= 0.3 is 17.9 Å². The number of hydrogen-bond donors (Lipinski definition) is 0. The Morgan fingerprint density at radius 2 is 0.470 bits per heavy atom. The molecule has 0 N–H and O–H groups in total. The van der Waals surface area contributed by atoms with E-state index in [1.54, 1.807) is 0 Å². The number of esters is 3. The van der Waals surface area contributed by atoms with Crippen molar-refractivity contribution < 1.29 is 28.6 Å². The second-order valence-electron chi connectivity index (χ2n) is 22.7. The molecule has 0 saturated heterocycles. The number of carbonyl (C=O) groups excluding carboxylic acids is 3. The maximum absolute atomic E-state index is 13.0. The highest BCUT2D eigenvalue weighted by Crippen LogP contribution is 2.16. The molecule has 83 heavy (non-hydrogen) atoms. The van der Waals surface area contributed by atoms with Crippen molar-refractivity contribution in [1.29, 1.82) is 0 Å². The number of ether oxygens (including phenoxy) is 3. The number of hydrogen-bond acceptors (Lipinski definition) is 6. The average Bonchev–Trinajstić information content (AvgIpc) is 3.49. The Morgan fingerprint density at radius 3 is 0.735 bits per heavy atom. The summed E-state index contributed by atoms with van der Waals surface area (Å²) in [6, 6.07) is 0. The third kappa shape index (κ3) is 68.2. The second kappa shape index (κ2) is 70.0. The zero-order valence-electron chi connectivity index (χ0n) is 54.2. The minimum absolute atomic E-state index is 0.0928. The van der Waals surface area contributed by atoms with Crippen LogP contribution in [-0.4, -0.2) is 37.2 Å². The molecular weight excluding hydrogens is 1020 g/mol. The largest absolute Gasteiger partial charge is 0.462 e. The summed E-state index contributed by atoms with van der Waals surface area (Å²) in [5, 5.41) is 0. The fraction of sp³-hybridized carbons (Fsp3) is 0.675. The molecule has 0 fully saturated rings. The van der Waals surface area contributed by atoms with Crippen molar-refractivity contribution in [3.8, 4) is 0 Å². The van der Waals surface area contributed by atoms with Gasteiger partial charge in [-0.25, -0.2) is 0 Å². The van der Waals surface area contributed by atoms with Crippen LogP contribution in [0, 0.1) is 0 Å². The molecule has 0 aliphatic rings. The van der Waals surface area contributed by atoms with E-state index in [-0.39, 0.29) is 31.1 Å². The van der Waals surface area contributed by atoms with Gasteiger partial charge in [-0.2, -0.15) is 0 Å². The van der Waals surface area contributed by atoms with Gasteiger partial charge in [0.15, 0.2) is 6.10 Å². The first-order chi connectivity index (χ1) is 41.0. The lowest BCUT2D eigenvalue weighted by Crippen LogP contribution is -2.30. The summed E-state index contributed by atoms with van der Waals surface area (Å²) in [5.41, 5.74) is 0. The van der Waals surface area contributed by atoms with Crippen molar-refractivity contribution in [2.24, 2.45) is 0 Å². The standard InChI is InChI=1S/C77H128O6/c1-4-7-10-13-16-19-22-25-28-31-33-35-37-38-40-41-43-46-49-52-55-58-61-64-67-70-76(79)82-73-74(72-81-75(78)69-66-63-60-57-54-51-48-45-30-27-24-21-18-15-12-9-6-3)83-77(80)71-68-65-62-59-56-53-50-47-44-42-39-36-34-32-29-26-23-20-17-14-11-8-5-2/h7,9-10,12,16,18-19,21,23,25-28,30,32-35,38,40,48,51,74H,4-6,8,11,13-15,17,20,22,24,29,31,36-37,39,41-47,49-50,52-73H2,1-3H3/b10-7-,12-9-,19-16-,21-18-,26-23-,28-25-,30-27-,34-32-,35-33-,40-38-,51-48-. The maximum atomic E-state index is 13.0. The first-order valence-electron chi connectivity index (χ1n) is 34.7. The van der Waals surface area contributed by atoms with Crippen molar-refractivity contribution in [2.75, 3.05) is 13.2 Å². The lowest BCUT2D eigenvalue weighted by Gasteiger charge is -2.18. The minimum Gasteiger partial charge on any atom is -0.462 e. The SMILES string of the molecule is CC/C=C\C/C=C\C/C=C\C/C=C\C/C=C\CCCCCCCCCCCC(=O)OCC(COC(=O)CCCCCC/C=C\C/C=C\C/C=C\C/C=C\CC)OC(=O)CCCCCCCCCCCCC/C=C\C/C=C\CCCCCCC. The van der Waals surface area contributed by atoms with Crippen molar-refractivity contribution in [1.82, 2.24) is 0 Å². The summed E-state index contributed by atoms with van der Waals surface area (Å²) in [7, 11) is 0. The molecule has 0 heterocycles. The summed E-state index contributed by atoms with van der Waals surface area (Å²) in [6.07, 6.45) is 98.9. The van der Waals surface area contributed by atoms with E-state index in [4.69, 9.17) is 14.2 Å². The molecule has 0 rings (SSSR count). The molecule has 0 amide bonds. The van der Waals surface area contributed by atoms with Gasteiger partial charge in [0.2, 0.25) is 0 Å². The Kier molecular flexibility index (Phi) is 66.3. The molecule has 0 aromatic heterocycles. The Balaban J connectivity index is 4.42. The van der Waals surface area contributed by atoms with Gasteiger partial charge in [0.25, 0.3) is 0 Å². The summed E-state index contributed by atoms with van der Waals surface area (Å²) in [6.45, 7) is 6.40. The van der Waals surface area contributed by atoms with Gasteiger partial charge in [-0.05, 0) is 135 Å². The first-order valence-corrected chi connectivity index (χ1v) is 34.7. The number of allylic oxidation sites excluding steroid dienone is 22. The predicted octanol–water partition coefficient (Wildman–Crippen LogP) is 24.1. The number of rotatable bonds is 62. The van der Waals surface area contributed by atoms with E-state index < -0.39 is 6.10 Å². The fourth-order valence-electron chi connectivity index (χ4n) is 9.49. The highest BCUT2D eigenvalue weighted by molar-refractivity contribution is 5.71. The molecule has 0 aromatic rings. The molecule has 0 spiro atoms. The Bertz CT molecular complexity index is 1750. The van der Waals surface area contributed by atoms with E-state index in [0.717, 1.165) is 141 Å². The zero-order chi connectivity index (χ0) is 59.9. The highest BCUT2D eigenvalue weighted by Gasteiger charge is 2.19. The molecule has 472 valence electrons. The van der Waals surface area contributed by atoms with E-state index in [2.05, 4.69) is 154 Å². The highest BCUT2D eigenvalue weighted by atomic mass is 16.6. The lowest BCUT2D eigenvalue weighted by atomic mass is 10.0. The fourth-order valence-corrected chi connectivity index (χ4v) is 9.49. The maximum Gasteiger partial charge on any atom is 0.306 e. The smallest absolute Gasteiger partial charge is 0.306 e. The van der Waals surface area contributed by atoms with Crippen LogP contribution >= 0.6 is 0 Å². The summed E-state index contributed by atoms with van der Waals surface area (Å²) in [4.78, 5) is 38.5. The molecule has 0 aromatic carbocycles. The number of carbonyl (C=O) groups is 3. The third-order valence-corrected chi connectivity index (χ3v) is 14.6. The van der Waals surface area contributed by atoms with E-state index in [1.165, 1.54) is 135 Å². The van der Waals surface area contributed by atoms with E-state index in [0.29, 0.717) is 19.3 Å². The van der Waals surface area contributed by atoms with Crippen LogP contribution in [0.15, 0.2) is 134 Å². The van der Waals surface area contributed by atoms with Crippen LogP contribution in [0.3, 0.4) is 0 Å². The molecule has 0 radical (unpaired) electrons. The van der Waals surface area contributed by atoms with Gasteiger partial charge in [0, 0.05) is 19.3 Å². The Hall–Kier alpha value is -4.45. The third-order valence-electron chi connectivity index (χ3n) is 14.6. The van der Waals surface area contributed by atoms with Crippen molar-refractivity contribution in [2.45, 2.75) is 322 Å². The molecule has 0 bridgehead atoms. The molecule has 0 aliphatic heterocycles. The predicted molar refractivity (Wildman–Crippen MR) is 362 cm³/mol. The molecule has 1 atom stereocenters.